The van der Waals surface area contributed by atoms with Gasteiger partial charge in [-0.25, -0.2) is 10.2 Å². The van der Waals surface area contributed by atoms with Crippen LogP contribution in [0.1, 0.15) is 21.5 Å². The number of nitrogens with zero attached hydrogens (tertiary/aromatic N) is 1. The molecule has 0 aliphatic heterocycles. The second-order valence-electron chi connectivity index (χ2n) is 6.93. The first kappa shape index (κ1) is 23.3. The number of carbonyl (C=O) groups is 2. The molecule has 8 nitrogen and oxygen atoms in total. The molecule has 0 spiro atoms. The quantitative estimate of drug-likeness (QED) is 0.232. The van der Waals surface area contributed by atoms with Crippen molar-refractivity contribution in [3.63, 3.8) is 0 Å². The van der Waals surface area contributed by atoms with E-state index in [1.807, 2.05) is 25.1 Å². The third kappa shape index (κ3) is 6.83. The highest BCUT2D eigenvalue weighted by Gasteiger charge is 2.13. The Balaban J connectivity index is 1.57. The van der Waals surface area contributed by atoms with Crippen molar-refractivity contribution in [2.45, 2.75) is 6.92 Å². The molecule has 0 saturated carbocycles. The smallest absolute Gasteiger partial charge is 0.343 e. The van der Waals surface area contributed by atoms with Crippen molar-refractivity contribution >= 4 is 18.1 Å². The minimum Gasteiger partial charge on any atom is -0.497 e. The van der Waals surface area contributed by atoms with Gasteiger partial charge in [0.15, 0.2) is 18.1 Å². The van der Waals surface area contributed by atoms with Gasteiger partial charge in [0.1, 0.15) is 11.5 Å². The van der Waals surface area contributed by atoms with E-state index in [1.54, 1.807) is 48.5 Å². The summed E-state index contributed by atoms with van der Waals surface area (Å²) < 4.78 is 21.3. The molecule has 0 heterocycles. The Morgan fingerprint density at radius 2 is 1.70 bits per heavy atom. The molecule has 0 aliphatic carbocycles. The first-order chi connectivity index (χ1) is 16.0. The van der Waals surface area contributed by atoms with Gasteiger partial charge in [-0.2, -0.15) is 5.10 Å². The third-order valence-electron chi connectivity index (χ3n) is 4.46. The Bertz CT molecular complexity index is 1160. The molecule has 1 N–H and O–H groups in total. The lowest BCUT2D eigenvalue weighted by molar-refractivity contribution is -0.123. The molecular formula is C25H24N2O6. The minimum atomic E-state index is -0.547. The molecule has 33 heavy (non-hydrogen) atoms. The van der Waals surface area contributed by atoms with E-state index in [2.05, 4.69) is 10.5 Å². The van der Waals surface area contributed by atoms with Gasteiger partial charge in [0, 0.05) is 0 Å². The lowest BCUT2D eigenvalue weighted by Crippen LogP contribution is -2.24. The van der Waals surface area contributed by atoms with E-state index in [1.165, 1.54) is 20.4 Å². The highest BCUT2D eigenvalue weighted by atomic mass is 16.6. The standard InChI is InChI=1S/C25H24N2O6/c1-17-6-4-9-21(12-17)32-16-24(28)27-26-15-18-10-11-22(23(13-18)31-3)33-25(29)19-7-5-8-20(14-19)30-2/h4-15H,16H2,1-3H3,(H,27,28)/b26-15+. The highest BCUT2D eigenvalue weighted by Crippen LogP contribution is 2.28. The number of esters is 1. The molecule has 0 aromatic heterocycles. The molecule has 3 rings (SSSR count). The van der Waals surface area contributed by atoms with E-state index < -0.39 is 11.9 Å². The van der Waals surface area contributed by atoms with E-state index in [9.17, 15) is 9.59 Å². The summed E-state index contributed by atoms with van der Waals surface area (Å²) in [6.07, 6.45) is 1.45. The van der Waals surface area contributed by atoms with Crippen LogP contribution in [0, 0.1) is 6.92 Å². The maximum Gasteiger partial charge on any atom is 0.343 e. The fraction of sp³-hybridized carbons (Fsp3) is 0.160. The molecule has 1 amide bonds. The predicted octanol–water partition coefficient (Wildman–Crippen LogP) is 3.76. The zero-order valence-corrected chi connectivity index (χ0v) is 18.5. The Morgan fingerprint density at radius 1 is 0.909 bits per heavy atom. The SMILES string of the molecule is COc1cccc(C(=O)Oc2ccc(/C=N/NC(=O)COc3cccc(C)c3)cc2OC)c1. The maximum absolute atomic E-state index is 12.4. The van der Waals surface area contributed by atoms with Crippen molar-refractivity contribution in [3.8, 4) is 23.0 Å². The van der Waals surface area contributed by atoms with Crippen LogP contribution in [0.3, 0.4) is 0 Å². The van der Waals surface area contributed by atoms with Crippen molar-refractivity contribution in [1.29, 1.82) is 0 Å². The van der Waals surface area contributed by atoms with Gasteiger partial charge < -0.3 is 18.9 Å². The van der Waals surface area contributed by atoms with E-state index in [4.69, 9.17) is 18.9 Å². The summed E-state index contributed by atoms with van der Waals surface area (Å²) in [7, 11) is 2.98. The summed E-state index contributed by atoms with van der Waals surface area (Å²) in [4.78, 5) is 24.4. The number of nitrogens with one attached hydrogen (secondary N) is 1. The van der Waals surface area contributed by atoms with Crippen LogP contribution in [0.25, 0.3) is 0 Å². The van der Waals surface area contributed by atoms with Gasteiger partial charge >= 0.3 is 5.97 Å². The highest BCUT2D eigenvalue weighted by molar-refractivity contribution is 5.92. The molecule has 0 aliphatic rings. The molecule has 8 heteroatoms. The number of amides is 1. The number of carbonyl (C=O) groups excluding carboxylic acids is 2. The van der Waals surface area contributed by atoms with Crippen LogP contribution in [-0.2, 0) is 4.79 Å². The predicted molar refractivity (Wildman–Crippen MR) is 123 cm³/mol. The summed E-state index contributed by atoms with van der Waals surface area (Å²) in [6, 6.07) is 19.0. The Kier molecular flexibility index (Phi) is 8.02. The monoisotopic (exact) mass is 448 g/mol. The summed E-state index contributed by atoms with van der Waals surface area (Å²) in [5.74, 6) is 0.799. The summed E-state index contributed by atoms with van der Waals surface area (Å²) in [5, 5.41) is 3.92. The molecule has 3 aromatic rings. The largest absolute Gasteiger partial charge is 0.497 e. The van der Waals surface area contributed by atoms with Crippen molar-refractivity contribution in [2.75, 3.05) is 20.8 Å². The van der Waals surface area contributed by atoms with Gasteiger partial charge in [-0.1, -0.05) is 18.2 Å². The number of hydrogen-bond acceptors (Lipinski definition) is 7. The van der Waals surface area contributed by atoms with Gasteiger partial charge in [-0.3, -0.25) is 4.79 Å². The fourth-order valence-corrected chi connectivity index (χ4v) is 2.82. The van der Waals surface area contributed by atoms with Gasteiger partial charge in [-0.05, 0) is 66.6 Å². The third-order valence-corrected chi connectivity index (χ3v) is 4.46. The van der Waals surface area contributed by atoms with Crippen LogP contribution in [-0.4, -0.2) is 38.9 Å². The first-order valence-electron chi connectivity index (χ1n) is 10.0. The van der Waals surface area contributed by atoms with Gasteiger partial charge in [-0.15, -0.1) is 0 Å². The second-order valence-corrected chi connectivity index (χ2v) is 6.93. The number of methoxy groups -OCH3 is 2. The number of hydrazone groups is 1. The van der Waals surface area contributed by atoms with Crippen LogP contribution < -0.4 is 24.4 Å². The number of benzene rings is 3. The van der Waals surface area contributed by atoms with Crippen molar-refractivity contribution < 1.29 is 28.5 Å². The van der Waals surface area contributed by atoms with E-state index in [-0.39, 0.29) is 12.4 Å². The fourth-order valence-electron chi connectivity index (χ4n) is 2.82. The second kappa shape index (κ2) is 11.3. The molecule has 170 valence electrons. The van der Waals surface area contributed by atoms with Crippen LogP contribution in [0.5, 0.6) is 23.0 Å². The average molecular weight is 448 g/mol. The summed E-state index contributed by atoms with van der Waals surface area (Å²) in [5.41, 5.74) is 4.42. The van der Waals surface area contributed by atoms with Crippen LogP contribution in [0.4, 0.5) is 0 Å². The van der Waals surface area contributed by atoms with Gasteiger partial charge in [0.2, 0.25) is 0 Å². The van der Waals surface area contributed by atoms with E-state index in [0.29, 0.717) is 28.4 Å². The molecule has 0 atom stereocenters. The average Bonchev–Trinajstić information content (AvgIpc) is 2.83. The molecule has 0 saturated heterocycles. The zero-order chi connectivity index (χ0) is 23.6. The topological polar surface area (TPSA) is 95.5 Å². The number of rotatable bonds is 9. The van der Waals surface area contributed by atoms with Crippen LogP contribution in [0.15, 0.2) is 71.8 Å². The van der Waals surface area contributed by atoms with Crippen LogP contribution in [0.2, 0.25) is 0 Å². The zero-order valence-electron chi connectivity index (χ0n) is 18.5. The molecule has 0 fully saturated rings. The van der Waals surface area contributed by atoms with Gasteiger partial charge in [0.25, 0.3) is 5.91 Å². The lowest BCUT2D eigenvalue weighted by Gasteiger charge is -2.10. The van der Waals surface area contributed by atoms with Gasteiger partial charge in [0.05, 0.1) is 26.0 Å². The Hall–Kier alpha value is -4.33. The molecule has 0 unspecified atom stereocenters. The maximum atomic E-state index is 12.4. The van der Waals surface area contributed by atoms with E-state index >= 15 is 0 Å². The number of hydrogen-bond donors (Lipinski definition) is 1. The molecule has 0 radical (unpaired) electrons. The number of ether oxygens (including phenoxy) is 4. The normalized spacial score (nSPS) is 10.5. The summed E-state index contributed by atoms with van der Waals surface area (Å²) >= 11 is 0. The lowest BCUT2D eigenvalue weighted by atomic mass is 10.2. The Labute approximate surface area is 191 Å². The van der Waals surface area contributed by atoms with E-state index in [0.717, 1.165) is 5.56 Å². The van der Waals surface area contributed by atoms with Crippen molar-refractivity contribution in [3.05, 3.63) is 83.4 Å². The van der Waals surface area contributed by atoms with Crippen molar-refractivity contribution in [1.82, 2.24) is 5.43 Å². The van der Waals surface area contributed by atoms with Crippen LogP contribution >= 0.6 is 0 Å². The first-order valence-corrected chi connectivity index (χ1v) is 10.0. The summed E-state index contributed by atoms with van der Waals surface area (Å²) in [6.45, 7) is 1.78. The molecule has 0 bridgehead atoms. The molecular weight excluding hydrogens is 424 g/mol. The molecule has 3 aromatic carbocycles. The van der Waals surface area contributed by atoms with Crippen molar-refractivity contribution in [2.24, 2.45) is 5.10 Å². The number of aryl methyl sites for hydroxylation is 1. The Morgan fingerprint density at radius 3 is 2.45 bits per heavy atom. The minimum absolute atomic E-state index is 0.163.